The minimum absolute atomic E-state index is 0.00866. The van der Waals surface area contributed by atoms with Gasteiger partial charge in [-0.2, -0.15) is 0 Å². The molecule has 31 heavy (non-hydrogen) atoms. The van der Waals surface area contributed by atoms with E-state index in [1.165, 1.54) is 6.42 Å². The van der Waals surface area contributed by atoms with Crippen LogP contribution in [0.1, 0.15) is 53.6 Å². The van der Waals surface area contributed by atoms with Gasteiger partial charge in [0, 0.05) is 30.9 Å². The number of aliphatic carboxylic acids is 1. The van der Waals surface area contributed by atoms with Crippen LogP contribution in [0, 0.1) is 0 Å². The highest BCUT2D eigenvalue weighted by molar-refractivity contribution is 6.17. The number of amides is 1. The molecule has 5 rings (SSSR count). The molecule has 7 nitrogen and oxygen atoms in total. The molecule has 0 radical (unpaired) electrons. The number of allylic oxidation sites excluding steroid dienone is 1. The molecule has 1 saturated heterocycles. The van der Waals surface area contributed by atoms with E-state index in [0.29, 0.717) is 35.9 Å². The van der Waals surface area contributed by atoms with Crippen molar-refractivity contribution in [3.05, 3.63) is 53.2 Å². The molecular weight excluding hydrogens is 394 g/mol. The van der Waals surface area contributed by atoms with Gasteiger partial charge in [0.1, 0.15) is 6.61 Å². The van der Waals surface area contributed by atoms with Gasteiger partial charge in [-0.25, -0.2) is 9.78 Å². The summed E-state index contributed by atoms with van der Waals surface area (Å²) >= 11 is 0. The fraction of sp³-hybridized carbons (Fsp3) is 0.375. The van der Waals surface area contributed by atoms with E-state index < -0.39 is 5.97 Å². The fourth-order valence-electron chi connectivity index (χ4n) is 4.70. The fourth-order valence-corrected chi connectivity index (χ4v) is 4.70. The second kappa shape index (κ2) is 7.72. The van der Waals surface area contributed by atoms with Crippen LogP contribution >= 0.6 is 0 Å². The molecule has 0 spiro atoms. The van der Waals surface area contributed by atoms with E-state index in [4.69, 9.17) is 4.74 Å². The second-order valence-electron chi connectivity index (χ2n) is 8.34. The lowest BCUT2D eigenvalue weighted by molar-refractivity contribution is -0.130. The first-order chi connectivity index (χ1) is 15.0. The van der Waals surface area contributed by atoms with Crippen molar-refractivity contribution in [3.8, 4) is 5.75 Å². The van der Waals surface area contributed by atoms with Crippen LogP contribution in [-0.4, -0.2) is 53.1 Å². The smallest absolute Gasteiger partial charge is 0.335 e. The Morgan fingerprint density at radius 1 is 1.13 bits per heavy atom. The number of hydrogen-bond acceptors (Lipinski definition) is 5. The lowest BCUT2D eigenvalue weighted by Crippen LogP contribution is -2.36. The Labute approximate surface area is 180 Å². The third-order valence-corrected chi connectivity index (χ3v) is 6.33. The summed E-state index contributed by atoms with van der Waals surface area (Å²) in [6.45, 7) is 4.71. The Hall–Kier alpha value is -3.35. The maximum atomic E-state index is 12.8. The quantitative estimate of drug-likeness (QED) is 0.814. The van der Waals surface area contributed by atoms with Gasteiger partial charge in [-0.05, 0) is 48.6 Å². The number of carbonyl (C=O) groups excluding carboxylic acids is 1. The maximum Gasteiger partial charge on any atom is 0.335 e. The zero-order valence-electron chi connectivity index (χ0n) is 17.5. The highest BCUT2D eigenvalue weighted by Gasteiger charge is 2.28. The average molecular weight is 419 g/mol. The van der Waals surface area contributed by atoms with Crippen molar-refractivity contribution in [2.24, 2.45) is 0 Å². The van der Waals surface area contributed by atoms with E-state index in [9.17, 15) is 14.7 Å². The van der Waals surface area contributed by atoms with Gasteiger partial charge in [-0.3, -0.25) is 4.79 Å². The normalized spacial score (nSPS) is 19.9. The number of rotatable bonds is 3. The van der Waals surface area contributed by atoms with Gasteiger partial charge in [0.25, 0.3) is 5.91 Å². The molecule has 2 aliphatic heterocycles. The van der Waals surface area contributed by atoms with Crippen molar-refractivity contribution in [1.82, 2.24) is 9.88 Å². The molecule has 1 atom stereocenters. The van der Waals surface area contributed by atoms with Crippen LogP contribution < -0.4 is 9.64 Å². The molecule has 7 heteroatoms. The highest BCUT2D eigenvalue weighted by Crippen LogP contribution is 2.41. The molecule has 1 fully saturated rings. The topological polar surface area (TPSA) is 83.0 Å². The summed E-state index contributed by atoms with van der Waals surface area (Å²) in [6.07, 6.45) is 6.69. The van der Waals surface area contributed by atoms with Crippen LogP contribution in [0.3, 0.4) is 0 Å². The number of carbonyl (C=O) groups is 2. The van der Waals surface area contributed by atoms with E-state index in [1.54, 1.807) is 18.3 Å². The van der Waals surface area contributed by atoms with Gasteiger partial charge in [-0.15, -0.1) is 0 Å². The van der Waals surface area contributed by atoms with Gasteiger partial charge in [0.15, 0.2) is 11.6 Å². The van der Waals surface area contributed by atoms with Crippen molar-refractivity contribution in [1.29, 1.82) is 0 Å². The van der Waals surface area contributed by atoms with Crippen LogP contribution in [0.2, 0.25) is 0 Å². The number of benzene rings is 1. The molecule has 1 aromatic carbocycles. The maximum absolute atomic E-state index is 12.8. The number of hydrogen-bond donors (Lipinski definition) is 1. The summed E-state index contributed by atoms with van der Waals surface area (Å²) in [5.41, 5.74) is 3.63. The summed E-state index contributed by atoms with van der Waals surface area (Å²) in [5.74, 6) is 0.432. The van der Waals surface area contributed by atoms with Crippen LogP contribution in [0.4, 0.5) is 11.5 Å². The molecule has 1 amide bonds. The molecule has 3 heterocycles. The van der Waals surface area contributed by atoms with E-state index >= 15 is 0 Å². The number of likely N-dealkylation sites (tertiary alicyclic amines) is 1. The third-order valence-electron chi connectivity index (χ3n) is 6.33. The summed E-state index contributed by atoms with van der Waals surface area (Å²) in [5, 5.41) is 9.45. The monoisotopic (exact) mass is 419 g/mol. The molecule has 160 valence electrons. The SMILES string of the molecule is CC1C=C(C(=O)O)c2ccc(N3CCOc4cc(C(=O)N5CCCCC5)cnc43)cc21. The van der Waals surface area contributed by atoms with E-state index in [1.807, 2.05) is 30.0 Å². The molecule has 0 bridgehead atoms. The van der Waals surface area contributed by atoms with Crippen molar-refractivity contribution in [2.45, 2.75) is 32.1 Å². The van der Waals surface area contributed by atoms with Crippen LogP contribution in [0.25, 0.3) is 5.57 Å². The third kappa shape index (κ3) is 3.44. The zero-order valence-corrected chi connectivity index (χ0v) is 17.5. The summed E-state index contributed by atoms with van der Waals surface area (Å²) < 4.78 is 5.85. The van der Waals surface area contributed by atoms with Crippen molar-refractivity contribution >= 4 is 29.0 Å². The Morgan fingerprint density at radius 2 is 1.94 bits per heavy atom. The largest absolute Gasteiger partial charge is 0.488 e. The molecule has 1 aromatic heterocycles. The number of carboxylic acid groups (broad SMARTS) is 1. The van der Waals surface area contributed by atoms with Gasteiger partial charge < -0.3 is 19.6 Å². The first-order valence-electron chi connectivity index (χ1n) is 10.8. The van der Waals surface area contributed by atoms with Gasteiger partial charge in [0.2, 0.25) is 0 Å². The minimum Gasteiger partial charge on any atom is -0.488 e. The number of aromatic nitrogens is 1. The van der Waals surface area contributed by atoms with Crippen molar-refractivity contribution < 1.29 is 19.4 Å². The molecule has 1 N–H and O–H groups in total. The Kier molecular flexibility index (Phi) is 4.88. The molecule has 2 aromatic rings. The summed E-state index contributed by atoms with van der Waals surface area (Å²) in [6, 6.07) is 7.64. The average Bonchev–Trinajstić information content (AvgIpc) is 3.14. The Morgan fingerprint density at radius 3 is 2.71 bits per heavy atom. The number of pyridine rings is 1. The first-order valence-corrected chi connectivity index (χ1v) is 10.8. The molecule has 3 aliphatic rings. The van der Waals surface area contributed by atoms with Crippen molar-refractivity contribution in [3.63, 3.8) is 0 Å². The number of ether oxygens (including phenoxy) is 1. The molecular formula is C24H25N3O4. The van der Waals surface area contributed by atoms with Crippen LogP contribution in [0.5, 0.6) is 5.75 Å². The van der Waals surface area contributed by atoms with Crippen molar-refractivity contribution in [2.75, 3.05) is 31.1 Å². The van der Waals surface area contributed by atoms with E-state index in [2.05, 4.69) is 9.88 Å². The Bertz CT molecular complexity index is 1090. The lowest BCUT2D eigenvalue weighted by atomic mass is 10.00. The summed E-state index contributed by atoms with van der Waals surface area (Å²) in [7, 11) is 0. The Balaban J connectivity index is 1.44. The molecule has 1 unspecified atom stereocenters. The predicted octanol–water partition coefficient (Wildman–Crippen LogP) is 3.82. The summed E-state index contributed by atoms with van der Waals surface area (Å²) in [4.78, 5) is 32.9. The number of anilines is 2. The number of nitrogens with zero attached hydrogens (tertiary/aromatic N) is 3. The first kappa shape index (κ1) is 19.6. The number of fused-ring (bicyclic) bond motifs is 2. The number of piperidine rings is 1. The van der Waals surface area contributed by atoms with E-state index in [0.717, 1.165) is 42.7 Å². The van der Waals surface area contributed by atoms with Gasteiger partial charge in [-0.1, -0.05) is 19.1 Å². The van der Waals surface area contributed by atoms with Gasteiger partial charge in [0.05, 0.1) is 17.7 Å². The van der Waals surface area contributed by atoms with Gasteiger partial charge >= 0.3 is 5.97 Å². The molecule has 1 aliphatic carbocycles. The van der Waals surface area contributed by atoms with Crippen LogP contribution in [-0.2, 0) is 4.79 Å². The van der Waals surface area contributed by atoms with E-state index in [-0.39, 0.29) is 11.8 Å². The zero-order chi connectivity index (χ0) is 21.5. The molecule has 0 saturated carbocycles. The minimum atomic E-state index is -0.900. The predicted molar refractivity (Wildman–Crippen MR) is 117 cm³/mol. The highest BCUT2D eigenvalue weighted by atomic mass is 16.5. The number of carboxylic acids is 1. The lowest BCUT2D eigenvalue weighted by Gasteiger charge is -2.31. The second-order valence-corrected chi connectivity index (χ2v) is 8.34. The van der Waals surface area contributed by atoms with Crippen LogP contribution in [0.15, 0.2) is 36.5 Å². The standard InChI is InChI=1S/C24H25N3O4/c1-15-11-20(24(29)30)18-6-5-17(13-19(15)18)27-9-10-31-21-12-16(14-25-22(21)27)23(28)26-7-3-2-4-8-26/h5-6,11-15H,2-4,7-10H2,1H3,(H,29,30).